The summed E-state index contributed by atoms with van der Waals surface area (Å²) in [4.78, 5) is 16.2. The predicted molar refractivity (Wildman–Crippen MR) is 150 cm³/mol. The molecule has 0 bridgehead atoms. The molecular weight excluding hydrogens is 538 g/mol. The summed E-state index contributed by atoms with van der Waals surface area (Å²) < 4.78 is 62.5. The fourth-order valence-electron chi connectivity index (χ4n) is 4.11. The van der Waals surface area contributed by atoms with Crippen LogP contribution in [-0.4, -0.2) is 26.9 Å². The van der Waals surface area contributed by atoms with E-state index >= 15 is 8.78 Å². The van der Waals surface area contributed by atoms with E-state index in [-0.39, 0.29) is 54.0 Å². The highest BCUT2D eigenvalue weighted by Gasteiger charge is 2.27. The lowest BCUT2D eigenvalue weighted by Gasteiger charge is -2.23. The van der Waals surface area contributed by atoms with Crippen LogP contribution in [0.15, 0.2) is 53.3 Å². The summed E-state index contributed by atoms with van der Waals surface area (Å²) in [7, 11) is 0. The molecule has 2 aromatic heterocycles. The first-order chi connectivity index (χ1) is 19.0. The second-order valence-electron chi connectivity index (χ2n) is 10.3. The van der Waals surface area contributed by atoms with E-state index in [1.165, 1.54) is 30.7 Å². The number of aryl methyl sites for hydroxylation is 1. The topological polar surface area (TPSA) is 96.7 Å². The first-order valence-electron chi connectivity index (χ1n) is 12.8. The molecule has 0 aliphatic heterocycles. The van der Waals surface area contributed by atoms with Crippen LogP contribution in [0.4, 0.5) is 8.78 Å². The van der Waals surface area contributed by atoms with Crippen molar-refractivity contribution in [3.8, 4) is 16.9 Å². The molecule has 212 valence electrons. The molecule has 2 aromatic carbocycles. The number of hydrogen-bond acceptors (Lipinski definition) is 7. The Kier molecular flexibility index (Phi) is 9.12. The van der Waals surface area contributed by atoms with Crippen molar-refractivity contribution in [3.63, 3.8) is 0 Å². The number of aromatic nitrogens is 1. The van der Waals surface area contributed by atoms with Crippen LogP contribution in [0.3, 0.4) is 0 Å². The SMILES string of the molecule is CCOC(=O)Cc1ccc(C)cc1OCc1cc(-c2ccnc(CN[S@@+]([O-])C(C)(C)C)c2F)c2occc2c1F. The average Bonchev–Trinajstić information content (AvgIpc) is 3.39. The van der Waals surface area contributed by atoms with E-state index in [0.29, 0.717) is 16.9 Å². The molecule has 2 heterocycles. The minimum absolute atomic E-state index is 0.0109. The Hall–Kier alpha value is -3.47. The number of carbonyl (C=O) groups is 1. The number of benzene rings is 2. The molecule has 7 nitrogen and oxygen atoms in total. The van der Waals surface area contributed by atoms with Gasteiger partial charge in [0.1, 0.15) is 28.5 Å². The predicted octanol–water partition coefficient (Wildman–Crippen LogP) is 6.32. The second-order valence-corrected chi connectivity index (χ2v) is 12.3. The zero-order valence-electron chi connectivity index (χ0n) is 23.1. The summed E-state index contributed by atoms with van der Waals surface area (Å²) in [5.74, 6) is -1.15. The molecule has 0 aliphatic carbocycles. The van der Waals surface area contributed by atoms with Gasteiger partial charge in [-0.2, -0.15) is 0 Å². The van der Waals surface area contributed by atoms with Crippen molar-refractivity contribution in [2.45, 2.75) is 58.9 Å². The van der Waals surface area contributed by atoms with Gasteiger partial charge >= 0.3 is 5.97 Å². The number of halogens is 2. The largest absolute Gasteiger partial charge is 0.598 e. The van der Waals surface area contributed by atoms with Gasteiger partial charge in [0, 0.05) is 39.8 Å². The number of pyridine rings is 1. The molecular formula is C30H32F2N2O5S. The van der Waals surface area contributed by atoms with Gasteiger partial charge in [-0.25, -0.2) is 8.78 Å². The number of esters is 1. The van der Waals surface area contributed by atoms with Crippen molar-refractivity contribution >= 4 is 28.3 Å². The number of carbonyl (C=O) groups excluding carboxylic acids is 1. The monoisotopic (exact) mass is 570 g/mol. The van der Waals surface area contributed by atoms with Gasteiger partial charge in [0.25, 0.3) is 0 Å². The van der Waals surface area contributed by atoms with Gasteiger partial charge in [-0.3, -0.25) is 9.78 Å². The Bertz CT molecular complexity index is 1520. The highest BCUT2D eigenvalue weighted by atomic mass is 32.2. The highest BCUT2D eigenvalue weighted by Crippen LogP contribution is 2.36. The third-order valence-electron chi connectivity index (χ3n) is 6.17. The molecule has 40 heavy (non-hydrogen) atoms. The van der Waals surface area contributed by atoms with Crippen LogP contribution in [0.25, 0.3) is 22.1 Å². The van der Waals surface area contributed by atoms with Gasteiger partial charge in [-0.15, -0.1) is 4.72 Å². The Morgan fingerprint density at radius 2 is 1.88 bits per heavy atom. The molecule has 0 aliphatic rings. The zero-order chi connectivity index (χ0) is 29.0. The number of nitrogens with one attached hydrogen (secondary N) is 1. The quantitative estimate of drug-likeness (QED) is 0.176. The summed E-state index contributed by atoms with van der Waals surface area (Å²) in [6.07, 6.45) is 2.79. The van der Waals surface area contributed by atoms with Crippen LogP contribution >= 0.6 is 0 Å². The standard InChI is InChI=1S/C30H32F2N2O5S/c1-6-37-26(35)15-19-8-7-18(2)13-25(19)39-17-20-14-23(29-22(27(20)31)10-12-38-29)21-9-11-33-24(28(21)32)16-34-40(36)30(3,4)5/h7-14,34H,6,15-17H2,1-5H3/t40-/m0/s1. The molecule has 0 spiro atoms. The maximum absolute atomic E-state index is 15.7. The van der Waals surface area contributed by atoms with Gasteiger partial charge in [0.2, 0.25) is 0 Å². The molecule has 10 heteroatoms. The van der Waals surface area contributed by atoms with E-state index in [9.17, 15) is 9.35 Å². The van der Waals surface area contributed by atoms with Crippen molar-refractivity contribution in [1.29, 1.82) is 0 Å². The fraction of sp³-hybridized carbons (Fsp3) is 0.333. The highest BCUT2D eigenvalue weighted by molar-refractivity contribution is 7.90. The summed E-state index contributed by atoms with van der Waals surface area (Å²) >= 11 is -1.42. The van der Waals surface area contributed by atoms with Crippen LogP contribution in [0.2, 0.25) is 0 Å². The third-order valence-corrected chi connectivity index (χ3v) is 7.69. The lowest BCUT2D eigenvalue weighted by atomic mass is 9.99. The lowest BCUT2D eigenvalue weighted by Crippen LogP contribution is -2.39. The number of fused-ring (bicyclic) bond motifs is 1. The number of hydrogen-bond donors (Lipinski definition) is 1. The molecule has 0 radical (unpaired) electrons. The van der Waals surface area contributed by atoms with Crippen molar-refractivity contribution < 1.29 is 32.0 Å². The number of rotatable bonds is 10. The molecule has 1 atom stereocenters. The Morgan fingerprint density at radius 3 is 2.60 bits per heavy atom. The van der Waals surface area contributed by atoms with E-state index in [4.69, 9.17) is 13.9 Å². The minimum atomic E-state index is -1.42. The van der Waals surface area contributed by atoms with Gasteiger partial charge in [-0.1, -0.05) is 12.1 Å². The summed E-state index contributed by atoms with van der Waals surface area (Å²) in [5, 5.41) is 0.178. The zero-order valence-corrected chi connectivity index (χ0v) is 23.9. The van der Waals surface area contributed by atoms with Gasteiger partial charge in [0.15, 0.2) is 5.82 Å². The Morgan fingerprint density at radius 1 is 1.10 bits per heavy atom. The molecule has 0 saturated heterocycles. The number of furan rings is 1. The van der Waals surface area contributed by atoms with Crippen LogP contribution in [-0.2, 0) is 40.5 Å². The Labute approximate surface area is 235 Å². The van der Waals surface area contributed by atoms with Gasteiger partial charge in [-0.05, 0) is 64.4 Å². The van der Waals surface area contributed by atoms with Crippen molar-refractivity contribution in [3.05, 3.63) is 82.9 Å². The first kappa shape index (κ1) is 29.5. The van der Waals surface area contributed by atoms with E-state index < -0.39 is 33.7 Å². The molecule has 0 amide bonds. The molecule has 1 N–H and O–H groups in total. The van der Waals surface area contributed by atoms with E-state index in [1.807, 2.05) is 33.8 Å². The van der Waals surface area contributed by atoms with E-state index in [2.05, 4.69) is 9.71 Å². The smallest absolute Gasteiger partial charge is 0.310 e. The van der Waals surface area contributed by atoms with Crippen molar-refractivity contribution in [2.75, 3.05) is 6.61 Å². The minimum Gasteiger partial charge on any atom is -0.598 e. The van der Waals surface area contributed by atoms with Crippen LogP contribution in [0.1, 0.15) is 50.1 Å². The van der Waals surface area contributed by atoms with E-state index in [0.717, 1.165) is 5.56 Å². The number of ether oxygens (including phenoxy) is 2. The molecule has 0 fully saturated rings. The molecule has 4 aromatic rings. The van der Waals surface area contributed by atoms with Crippen LogP contribution in [0, 0.1) is 18.6 Å². The maximum atomic E-state index is 15.7. The molecule has 4 rings (SSSR count). The maximum Gasteiger partial charge on any atom is 0.310 e. The normalized spacial score (nSPS) is 12.5. The summed E-state index contributed by atoms with van der Waals surface area (Å²) in [5.41, 5.74) is 2.43. The molecule has 0 saturated carbocycles. The fourth-order valence-corrected chi connectivity index (χ4v) is 4.81. The molecule has 0 unspecified atom stereocenters. The summed E-state index contributed by atoms with van der Waals surface area (Å²) in [6, 6.07) is 9.85. The first-order valence-corrected chi connectivity index (χ1v) is 14.0. The van der Waals surface area contributed by atoms with Crippen LogP contribution in [0.5, 0.6) is 5.75 Å². The van der Waals surface area contributed by atoms with E-state index in [1.54, 1.807) is 19.1 Å². The lowest BCUT2D eigenvalue weighted by molar-refractivity contribution is -0.142. The second kappa shape index (κ2) is 12.4. The summed E-state index contributed by atoms with van der Waals surface area (Å²) in [6.45, 7) is 9.07. The van der Waals surface area contributed by atoms with Crippen molar-refractivity contribution in [2.24, 2.45) is 0 Å². The Balaban J connectivity index is 1.67. The third kappa shape index (κ3) is 6.63. The van der Waals surface area contributed by atoms with Crippen LogP contribution < -0.4 is 9.46 Å². The number of nitrogens with zero attached hydrogens (tertiary/aromatic N) is 1. The van der Waals surface area contributed by atoms with Gasteiger partial charge in [0.05, 0.1) is 36.9 Å². The van der Waals surface area contributed by atoms with Gasteiger partial charge < -0.3 is 18.4 Å². The van der Waals surface area contributed by atoms with Crippen molar-refractivity contribution in [1.82, 2.24) is 9.71 Å². The average molecular weight is 571 g/mol.